The smallest absolute Gasteiger partial charge is 0.0850 e. The van der Waals surface area contributed by atoms with E-state index in [-0.39, 0.29) is 6.04 Å². The Balaban J connectivity index is 2.05. The van der Waals surface area contributed by atoms with E-state index in [9.17, 15) is 0 Å². The summed E-state index contributed by atoms with van der Waals surface area (Å²) >= 11 is 6.41. The first-order chi connectivity index (χ1) is 9.13. The van der Waals surface area contributed by atoms with E-state index in [1.807, 2.05) is 11.7 Å². The van der Waals surface area contributed by atoms with Crippen LogP contribution in [0, 0.1) is 5.92 Å². The van der Waals surface area contributed by atoms with Crippen LogP contribution in [-0.2, 0) is 19.9 Å². The van der Waals surface area contributed by atoms with Crippen molar-refractivity contribution in [1.29, 1.82) is 0 Å². The summed E-state index contributed by atoms with van der Waals surface area (Å²) in [5.74, 6) is 0.651. The standard InChI is InChI=1S/C15H26ClN3/c1-3-13-15(16)14(19(2)18-13)10-12(17)11-8-6-4-5-7-9-11/h11-12H,3-10,17H2,1-2H3. The maximum Gasteiger partial charge on any atom is 0.0850 e. The molecule has 3 nitrogen and oxygen atoms in total. The maximum atomic E-state index is 6.44. The molecule has 0 amide bonds. The van der Waals surface area contributed by atoms with Gasteiger partial charge in [-0.3, -0.25) is 4.68 Å². The number of hydrogen-bond donors (Lipinski definition) is 1. The van der Waals surface area contributed by atoms with Gasteiger partial charge in [0.05, 0.1) is 16.4 Å². The van der Waals surface area contributed by atoms with Crippen LogP contribution in [0.15, 0.2) is 0 Å². The number of halogens is 1. The van der Waals surface area contributed by atoms with Crippen molar-refractivity contribution in [2.75, 3.05) is 0 Å². The van der Waals surface area contributed by atoms with Crippen molar-refractivity contribution in [2.45, 2.75) is 64.3 Å². The molecule has 1 fully saturated rings. The Labute approximate surface area is 121 Å². The lowest BCUT2D eigenvalue weighted by Crippen LogP contribution is -2.32. The van der Waals surface area contributed by atoms with E-state index < -0.39 is 0 Å². The number of aryl methyl sites for hydroxylation is 2. The predicted octanol–water partition coefficient (Wildman–Crippen LogP) is 3.48. The molecule has 1 atom stereocenters. The second kappa shape index (κ2) is 6.76. The minimum absolute atomic E-state index is 0.218. The molecule has 1 aliphatic rings. The zero-order valence-electron chi connectivity index (χ0n) is 12.2. The number of nitrogens with two attached hydrogens (primary N) is 1. The van der Waals surface area contributed by atoms with Crippen molar-refractivity contribution in [3.8, 4) is 0 Å². The van der Waals surface area contributed by atoms with E-state index in [1.165, 1.54) is 38.5 Å². The van der Waals surface area contributed by atoms with Gasteiger partial charge in [-0.15, -0.1) is 0 Å². The molecule has 1 saturated carbocycles. The van der Waals surface area contributed by atoms with Gasteiger partial charge in [0.25, 0.3) is 0 Å². The van der Waals surface area contributed by atoms with E-state index in [1.54, 1.807) is 0 Å². The quantitative estimate of drug-likeness (QED) is 0.860. The lowest BCUT2D eigenvalue weighted by Gasteiger charge is -2.22. The summed E-state index contributed by atoms with van der Waals surface area (Å²) in [6.07, 6.45) is 9.69. The summed E-state index contributed by atoms with van der Waals surface area (Å²) in [5.41, 5.74) is 8.54. The van der Waals surface area contributed by atoms with Gasteiger partial charge >= 0.3 is 0 Å². The van der Waals surface area contributed by atoms with Gasteiger partial charge in [0.15, 0.2) is 0 Å². The van der Waals surface area contributed by atoms with Gasteiger partial charge in [0, 0.05) is 19.5 Å². The summed E-state index contributed by atoms with van der Waals surface area (Å²) in [4.78, 5) is 0. The second-order valence-corrected chi connectivity index (χ2v) is 6.18. The fourth-order valence-corrected chi connectivity index (χ4v) is 3.54. The van der Waals surface area contributed by atoms with Crippen LogP contribution in [0.2, 0.25) is 5.02 Å². The van der Waals surface area contributed by atoms with Crippen molar-refractivity contribution >= 4 is 11.6 Å². The number of aromatic nitrogens is 2. The Morgan fingerprint density at radius 1 is 1.32 bits per heavy atom. The van der Waals surface area contributed by atoms with Crippen LogP contribution in [-0.4, -0.2) is 15.8 Å². The van der Waals surface area contributed by atoms with Gasteiger partial charge in [-0.25, -0.2) is 0 Å². The molecular formula is C15H26ClN3. The molecule has 1 aromatic heterocycles. The van der Waals surface area contributed by atoms with Crippen LogP contribution in [0.25, 0.3) is 0 Å². The minimum atomic E-state index is 0.218. The highest BCUT2D eigenvalue weighted by molar-refractivity contribution is 6.31. The maximum absolute atomic E-state index is 6.44. The zero-order chi connectivity index (χ0) is 13.8. The summed E-state index contributed by atoms with van der Waals surface area (Å²) in [6.45, 7) is 2.09. The molecule has 0 spiro atoms. The predicted molar refractivity (Wildman–Crippen MR) is 80.5 cm³/mol. The molecule has 1 aromatic rings. The van der Waals surface area contributed by atoms with Crippen molar-refractivity contribution in [1.82, 2.24) is 9.78 Å². The minimum Gasteiger partial charge on any atom is -0.327 e. The molecule has 0 aromatic carbocycles. The number of rotatable bonds is 4. The summed E-state index contributed by atoms with van der Waals surface area (Å²) in [5, 5.41) is 5.30. The Morgan fingerprint density at radius 3 is 2.47 bits per heavy atom. The zero-order valence-corrected chi connectivity index (χ0v) is 12.9. The highest BCUT2D eigenvalue weighted by atomic mass is 35.5. The van der Waals surface area contributed by atoms with Crippen LogP contribution in [0.3, 0.4) is 0 Å². The van der Waals surface area contributed by atoms with Crippen LogP contribution in [0.5, 0.6) is 0 Å². The first kappa shape index (κ1) is 14.9. The van der Waals surface area contributed by atoms with Gasteiger partial charge in [0.1, 0.15) is 0 Å². The van der Waals surface area contributed by atoms with Gasteiger partial charge < -0.3 is 5.73 Å². The first-order valence-electron chi connectivity index (χ1n) is 7.59. The van der Waals surface area contributed by atoms with Gasteiger partial charge in [-0.2, -0.15) is 5.10 Å². The summed E-state index contributed by atoms with van der Waals surface area (Å²) < 4.78 is 1.91. The Kier molecular flexibility index (Phi) is 5.28. The van der Waals surface area contributed by atoms with Gasteiger partial charge in [-0.1, -0.05) is 44.2 Å². The molecule has 4 heteroatoms. The molecule has 19 heavy (non-hydrogen) atoms. The van der Waals surface area contributed by atoms with Crippen molar-refractivity contribution in [2.24, 2.45) is 18.7 Å². The van der Waals surface area contributed by atoms with E-state index >= 15 is 0 Å². The normalized spacial score (nSPS) is 19.4. The van der Waals surface area contributed by atoms with Gasteiger partial charge in [0.2, 0.25) is 0 Å². The lowest BCUT2D eigenvalue weighted by molar-refractivity contribution is 0.367. The molecule has 0 saturated heterocycles. The topological polar surface area (TPSA) is 43.8 Å². The van der Waals surface area contributed by atoms with E-state index in [0.717, 1.165) is 29.3 Å². The van der Waals surface area contributed by atoms with Crippen LogP contribution in [0.4, 0.5) is 0 Å². The lowest BCUT2D eigenvalue weighted by atomic mass is 9.89. The molecule has 1 unspecified atom stereocenters. The SMILES string of the molecule is CCc1nn(C)c(CC(N)C2CCCCCC2)c1Cl. The van der Waals surface area contributed by atoms with E-state index in [0.29, 0.717) is 5.92 Å². The Hall–Kier alpha value is -0.540. The second-order valence-electron chi connectivity index (χ2n) is 5.80. The molecule has 108 valence electrons. The van der Waals surface area contributed by atoms with Crippen molar-refractivity contribution in [3.05, 3.63) is 16.4 Å². The highest BCUT2D eigenvalue weighted by Gasteiger charge is 2.23. The monoisotopic (exact) mass is 283 g/mol. The molecule has 0 bridgehead atoms. The van der Waals surface area contributed by atoms with E-state index in [4.69, 9.17) is 17.3 Å². The third kappa shape index (κ3) is 3.51. The third-order valence-corrected chi connectivity index (χ3v) is 4.87. The van der Waals surface area contributed by atoms with Crippen molar-refractivity contribution < 1.29 is 0 Å². The molecule has 1 aliphatic carbocycles. The molecule has 0 radical (unpaired) electrons. The molecular weight excluding hydrogens is 258 g/mol. The van der Waals surface area contributed by atoms with Crippen LogP contribution in [0.1, 0.15) is 56.8 Å². The van der Waals surface area contributed by atoms with Crippen molar-refractivity contribution in [3.63, 3.8) is 0 Å². The molecule has 1 heterocycles. The Bertz CT molecular complexity index is 406. The molecule has 2 N–H and O–H groups in total. The van der Waals surface area contributed by atoms with Crippen LogP contribution < -0.4 is 5.73 Å². The summed E-state index contributed by atoms with van der Waals surface area (Å²) in [7, 11) is 1.97. The molecule has 0 aliphatic heterocycles. The number of hydrogen-bond acceptors (Lipinski definition) is 2. The summed E-state index contributed by atoms with van der Waals surface area (Å²) in [6, 6.07) is 0.218. The first-order valence-corrected chi connectivity index (χ1v) is 7.97. The fraction of sp³-hybridized carbons (Fsp3) is 0.800. The van der Waals surface area contributed by atoms with E-state index in [2.05, 4.69) is 12.0 Å². The largest absolute Gasteiger partial charge is 0.327 e. The fourth-order valence-electron chi connectivity index (χ4n) is 3.17. The van der Waals surface area contributed by atoms with Crippen LogP contribution >= 0.6 is 11.6 Å². The molecule has 2 rings (SSSR count). The Morgan fingerprint density at radius 2 is 1.95 bits per heavy atom. The average Bonchev–Trinajstić information content (AvgIpc) is 2.64. The number of nitrogens with zero attached hydrogens (tertiary/aromatic N) is 2. The third-order valence-electron chi connectivity index (χ3n) is 4.44. The van der Waals surface area contributed by atoms with Gasteiger partial charge in [-0.05, 0) is 25.2 Å². The highest BCUT2D eigenvalue weighted by Crippen LogP contribution is 2.28. The average molecular weight is 284 g/mol.